The van der Waals surface area contributed by atoms with E-state index in [-0.39, 0.29) is 15.2 Å². The molecule has 18 heavy (non-hydrogen) atoms. The zero-order valence-corrected chi connectivity index (χ0v) is 10.8. The SMILES string of the molecule is Cc1nc(N)sc1S(=O)(=O)Nc1ccc(F)cn1. The maximum atomic E-state index is 12.6. The van der Waals surface area contributed by atoms with Gasteiger partial charge in [-0.2, -0.15) is 0 Å². The van der Waals surface area contributed by atoms with Gasteiger partial charge >= 0.3 is 0 Å². The molecule has 2 aromatic rings. The number of hydrogen-bond acceptors (Lipinski definition) is 6. The van der Waals surface area contributed by atoms with Crippen LogP contribution in [0.2, 0.25) is 0 Å². The molecular formula is C9H9FN4O2S2. The summed E-state index contributed by atoms with van der Waals surface area (Å²) >= 11 is 0.858. The number of aryl methyl sites for hydroxylation is 1. The molecule has 0 spiro atoms. The topological polar surface area (TPSA) is 98.0 Å². The molecule has 2 rings (SSSR count). The Morgan fingerprint density at radius 3 is 2.67 bits per heavy atom. The zero-order chi connectivity index (χ0) is 13.3. The molecule has 0 saturated heterocycles. The van der Waals surface area contributed by atoms with E-state index in [1.807, 2.05) is 0 Å². The van der Waals surface area contributed by atoms with E-state index < -0.39 is 15.8 Å². The van der Waals surface area contributed by atoms with E-state index in [4.69, 9.17) is 5.73 Å². The van der Waals surface area contributed by atoms with Crippen molar-refractivity contribution < 1.29 is 12.8 Å². The Morgan fingerprint density at radius 2 is 2.17 bits per heavy atom. The van der Waals surface area contributed by atoms with Crippen LogP contribution in [-0.4, -0.2) is 18.4 Å². The molecule has 0 fully saturated rings. The standard InChI is InChI=1S/C9H9FN4O2S2/c1-5-8(17-9(11)13-5)18(15,16)14-7-3-2-6(10)4-12-7/h2-4H,1H3,(H2,11,13)(H,12,14). The summed E-state index contributed by atoms with van der Waals surface area (Å²) in [6, 6.07) is 2.34. The smallest absolute Gasteiger partial charge is 0.274 e. The van der Waals surface area contributed by atoms with Crippen LogP contribution in [0.25, 0.3) is 0 Å². The summed E-state index contributed by atoms with van der Waals surface area (Å²) in [5.74, 6) is -0.515. The molecule has 0 radical (unpaired) electrons. The van der Waals surface area contributed by atoms with Crippen molar-refractivity contribution in [3.8, 4) is 0 Å². The molecule has 0 aliphatic rings. The third-order valence-corrected chi connectivity index (χ3v) is 4.93. The number of nitrogen functional groups attached to an aromatic ring is 1. The first kappa shape index (κ1) is 12.7. The molecule has 0 bridgehead atoms. The molecule has 0 saturated carbocycles. The van der Waals surface area contributed by atoms with Crippen molar-refractivity contribution in [2.24, 2.45) is 0 Å². The van der Waals surface area contributed by atoms with Gasteiger partial charge in [-0.05, 0) is 19.1 Å². The van der Waals surface area contributed by atoms with Crippen molar-refractivity contribution in [2.45, 2.75) is 11.1 Å². The number of hydrogen-bond donors (Lipinski definition) is 2. The highest BCUT2D eigenvalue weighted by molar-refractivity contribution is 7.94. The monoisotopic (exact) mass is 288 g/mol. The quantitative estimate of drug-likeness (QED) is 0.888. The molecular weight excluding hydrogens is 279 g/mol. The Balaban J connectivity index is 2.33. The van der Waals surface area contributed by atoms with Gasteiger partial charge in [-0.3, -0.25) is 4.72 Å². The van der Waals surface area contributed by atoms with E-state index in [2.05, 4.69) is 14.7 Å². The lowest BCUT2D eigenvalue weighted by atomic mass is 10.5. The average Bonchev–Trinajstić information content (AvgIpc) is 2.62. The van der Waals surface area contributed by atoms with Gasteiger partial charge in [0.1, 0.15) is 11.6 Å². The first-order chi connectivity index (χ1) is 8.38. The molecule has 96 valence electrons. The highest BCUT2D eigenvalue weighted by Gasteiger charge is 2.21. The normalized spacial score (nSPS) is 11.4. The second-order valence-corrected chi connectivity index (χ2v) is 6.30. The Morgan fingerprint density at radius 1 is 1.44 bits per heavy atom. The summed E-state index contributed by atoms with van der Waals surface area (Å²) < 4.78 is 38.9. The van der Waals surface area contributed by atoms with E-state index in [0.29, 0.717) is 5.69 Å². The molecule has 2 heterocycles. The van der Waals surface area contributed by atoms with Crippen molar-refractivity contribution in [2.75, 3.05) is 10.5 Å². The van der Waals surface area contributed by atoms with Gasteiger partial charge in [-0.1, -0.05) is 11.3 Å². The minimum Gasteiger partial charge on any atom is -0.375 e. The summed E-state index contributed by atoms with van der Waals surface area (Å²) in [6.45, 7) is 1.54. The van der Waals surface area contributed by atoms with Crippen LogP contribution >= 0.6 is 11.3 Å². The van der Waals surface area contributed by atoms with Gasteiger partial charge in [0.25, 0.3) is 10.0 Å². The summed E-state index contributed by atoms with van der Waals surface area (Å²) in [7, 11) is -3.79. The number of rotatable bonds is 3. The number of pyridine rings is 1. The molecule has 0 aromatic carbocycles. The molecule has 2 aromatic heterocycles. The average molecular weight is 288 g/mol. The molecule has 6 nitrogen and oxygen atoms in total. The number of halogens is 1. The number of aromatic nitrogens is 2. The van der Waals surface area contributed by atoms with Gasteiger partial charge in [0.2, 0.25) is 0 Å². The van der Waals surface area contributed by atoms with Crippen molar-refractivity contribution in [3.63, 3.8) is 0 Å². The molecule has 3 N–H and O–H groups in total. The van der Waals surface area contributed by atoms with E-state index in [0.717, 1.165) is 23.6 Å². The molecule has 0 unspecified atom stereocenters. The molecule has 0 amide bonds. The van der Waals surface area contributed by atoms with Crippen LogP contribution in [0.3, 0.4) is 0 Å². The van der Waals surface area contributed by atoms with Crippen molar-refractivity contribution in [3.05, 3.63) is 29.8 Å². The van der Waals surface area contributed by atoms with Crippen molar-refractivity contribution in [1.29, 1.82) is 0 Å². The van der Waals surface area contributed by atoms with Crippen LogP contribution in [-0.2, 0) is 10.0 Å². The lowest BCUT2D eigenvalue weighted by Gasteiger charge is -2.05. The fourth-order valence-electron chi connectivity index (χ4n) is 1.27. The highest BCUT2D eigenvalue weighted by Crippen LogP contribution is 2.26. The van der Waals surface area contributed by atoms with Gasteiger partial charge in [0.15, 0.2) is 9.34 Å². The largest absolute Gasteiger partial charge is 0.375 e. The number of anilines is 2. The zero-order valence-electron chi connectivity index (χ0n) is 9.21. The van der Waals surface area contributed by atoms with E-state index in [9.17, 15) is 12.8 Å². The van der Waals surface area contributed by atoms with Gasteiger partial charge in [0, 0.05) is 0 Å². The molecule has 0 atom stereocenters. The Kier molecular flexibility index (Phi) is 3.18. The van der Waals surface area contributed by atoms with Crippen LogP contribution in [0.1, 0.15) is 5.69 Å². The Hall–Kier alpha value is -1.74. The van der Waals surface area contributed by atoms with Gasteiger partial charge in [-0.15, -0.1) is 0 Å². The van der Waals surface area contributed by atoms with Crippen LogP contribution in [0.15, 0.2) is 22.5 Å². The third kappa shape index (κ3) is 2.57. The first-order valence-corrected chi connectivity index (χ1v) is 7.06. The van der Waals surface area contributed by atoms with Crippen molar-refractivity contribution in [1.82, 2.24) is 9.97 Å². The summed E-state index contributed by atoms with van der Waals surface area (Å²) in [5.41, 5.74) is 5.75. The third-order valence-electron chi connectivity index (χ3n) is 1.98. The lowest BCUT2D eigenvalue weighted by molar-refractivity contribution is 0.601. The predicted molar refractivity (Wildman–Crippen MR) is 66.3 cm³/mol. The minimum absolute atomic E-state index is 0.0196. The summed E-state index contributed by atoms with van der Waals surface area (Å²) in [5, 5.41) is 0.167. The minimum atomic E-state index is -3.79. The maximum Gasteiger partial charge on any atom is 0.274 e. The van der Waals surface area contributed by atoms with E-state index >= 15 is 0 Å². The van der Waals surface area contributed by atoms with Crippen LogP contribution in [0.4, 0.5) is 15.3 Å². The Labute approximate surface area is 107 Å². The number of sulfonamides is 1. The summed E-state index contributed by atoms with van der Waals surface area (Å²) in [6.07, 6.45) is 0.922. The first-order valence-electron chi connectivity index (χ1n) is 4.76. The van der Waals surface area contributed by atoms with Gasteiger partial charge in [0.05, 0.1) is 11.9 Å². The highest BCUT2D eigenvalue weighted by atomic mass is 32.2. The number of nitrogens with two attached hydrogens (primary N) is 1. The molecule has 9 heteroatoms. The molecule has 0 aliphatic heterocycles. The lowest BCUT2D eigenvalue weighted by Crippen LogP contribution is -2.13. The molecule has 0 aliphatic carbocycles. The number of nitrogens with zero attached hydrogens (tertiary/aromatic N) is 2. The second-order valence-electron chi connectivity index (χ2n) is 3.39. The second kappa shape index (κ2) is 4.50. The van der Waals surface area contributed by atoms with E-state index in [1.165, 1.54) is 6.07 Å². The number of nitrogens with one attached hydrogen (secondary N) is 1. The maximum absolute atomic E-state index is 12.6. The van der Waals surface area contributed by atoms with Crippen LogP contribution < -0.4 is 10.5 Å². The van der Waals surface area contributed by atoms with Gasteiger partial charge < -0.3 is 5.73 Å². The van der Waals surface area contributed by atoms with Crippen LogP contribution in [0.5, 0.6) is 0 Å². The van der Waals surface area contributed by atoms with Gasteiger partial charge in [-0.25, -0.2) is 22.8 Å². The fourth-order valence-corrected chi connectivity index (χ4v) is 3.58. The summed E-state index contributed by atoms with van der Waals surface area (Å²) in [4.78, 5) is 7.44. The van der Waals surface area contributed by atoms with E-state index in [1.54, 1.807) is 6.92 Å². The fraction of sp³-hybridized carbons (Fsp3) is 0.111. The van der Waals surface area contributed by atoms with Crippen molar-refractivity contribution >= 4 is 32.3 Å². The Bertz CT molecular complexity index is 666. The van der Waals surface area contributed by atoms with Crippen LogP contribution in [0, 0.1) is 12.7 Å². The predicted octanol–water partition coefficient (Wildman–Crippen LogP) is 1.37. The number of thiazole rings is 1.